The molecule has 0 saturated carbocycles. The molecule has 8 heteroatoms. The van der Waals surface area contributed by atoms with Crippen LogP contribution in [-0.2, 0) is 0 Å². The molecule has 4 aromatic rings. The smallest absolute Gasteiger partial charge is 0.0931 e. The van der Waals surface area contributed by atoms with Gasteiger partial charge in [-0.2, -0.15) is 0 Å². The highest BCUT2D eigenvalue weighted by Crippen LogP contribution is 2.31. The van der Waals surface area contributed by atoms with Crippen molar-refractivity contribution in [2.45, 2.75) is 27.7 Å². The highest BCUT2D eigenvalue weighted by molar-refractivity contribution is 6.40. The molecule has 0 aromatic heterocycles. The first-order valence-electron chi connectivity index (χ1n) is 11.8. The Labute approximate surface area is 244 Å². The van der Waals surface area contributed by atoms with Crippen LogP contribution in [-0.4, -0.2) is 12.7 Å². The molecule has 4 nitrogen and oxygen atoms in total. The van der Waals surface area contributed by atoms with Gasteiger partial charge in [-0.05, 0) is 74.2 Å². The Kier molecular flexibility index (Phi) is 11.1. The molecule has 4 rings (SSSR count). The lowest BCUT2D eigenvalue weighted by Gasteiger charge is -2.07. The molecule has 0 aliphatic carbocycles. The highest BCUT2D eigenvalue weighted by Gasteiger charge is 2.05. The minimum absolute atomic E-state index is 0.570. The second kappa shape index (κ2) is 14.2. The van der Waals surface area contributed by atoms with Gasteiger partial charge in [-0.15, -0.1) is 0 Å². The summed E-state index contributed by atoms with van der Waals surface area (Å²) in [6.07, 6.45) is 3.23. The second-order valence-electron chi connectivity index (χ2n) is 8.48. The summed E-state index contributed by atoms with van der Waals surface area (Å²) >= 11 is 24.3. The molecule has 2 N–H and O–H groups in total. The van der Waals surface area contributed by atoms with Gasteiger partial charge in [0.2, 0.25) is 0 Å². The van der Waals surface area contributed by atoms with Crippen LogP contribution in [0.2, 0.25) is 20.1 Å². The molecule has 0 atom stereocenters. The fourth-order valence-corrected chi connectivity index (χ4v) is 4.63. The number of benzene rings is 4. The molecule has 0 bridgehead atoms. The molecule has 4 aromatic carbocycles. The van der Waals surface area contributed by atoms with E-state index >= 15 is 0 Å². The molecule has 38 heavy (non-hydrogen) atoms. The average molecular weight is 586 g/mol. The second-order valence-corrected chi connectivity index (χ2v) is 10.1. The van der Waals surface area contributed by atoms with Crippen molar-refractivity contribution in [1.82, 2.24) is 0 Å². The van der Waals surface area contributed by atoms with Crippen LogP contribution in [0.5, 0.6) is 0 Å². The maximum atomic E-state index is 6.07. The molecule has 0 saturated heterocycles. The standard InChI is InChI=1S/2C15H14Cl2N2/c2*1-10-5-3-6-11(2)14(10)18-9-19-15-12(16)7-4-8-13(15)17/h2*3-9H,1-2H3,(H,18,19). The lowest BCUT2D eigenvalue weighted by Crippen LogP contribution is -1.96. The van der Waals surface area contributed by atoms with Crippen molar-refractivity contribution in [1.29, 1.82) is 0 Å². The van der Waals surface area contributed by atoms with E-state index in [0.717, 1.165) is 33.6 Å². The van der Waals surface area contributed by atoms with E-state index in [2.05, 4.69) is 20.6 Å². The molecule has 0 unspecified atom stereocenters. The zero-order valence-electron chi connectivity index (χ0n) is 21.5. The Bertz CT molecular complexity index is 1270. The van der Waals surface area contributed by atoms with E-state index in [1.807, 2.05) is 64.1 Å². The molecule has 0 radical (unpaired) electrons. The third-order valence-electron chi connectivity index (χ3n) is 5.61. The van der Waals surface area contributed by atoms with E-state index in [1.54, 1.807) is 49.1 Å². The van der Waals surface area contributed by atoms with E-state index in [9.17, 15) is 0 Å². The lowest BCUT2D eigenvalue weighted by atomic mass is 10.1. The number of hydrogen-bond acceptors (Lipinski definition) is 2. The summed E-state index contributed by atoms with van der Waals surface area (Å²) in [5, 5.41) is 8.34. The Morgan fingerprint density at radius 2 is 0.737 bits per heavy atom. The first-order valence-corrected chi connectivity index (χ1v) is 13.3. The molecular formula is C30H28Cl4N4. The number of aryl methyl sites for hydroxylation is 4. The van der Waals surface area contributed by atoms with Crippen LogP contribution >= 0.6 is 46.4 Å². The summed E-state index contributed by atoms with van der Waals surface area (Å²) in [7, 11) is 0. The summed E-state index contributed by atoms with van der Waals surface area (Å²) in [6.45, 7) is 8.12. The summed E-state index contributed by atoms with van der Waals surface area (Å²) in [6, 6.07) is 22.9. The van der Waals surface area contributed by atoms with Gasteiger partial charge in [0.05, 0.1) is 55.5 Å². The Morgan fingerprint density at radius 3 is 1.03 bits per heavy atom. The maximum Gasteiger partial charge on any atom is 0.0931 e. The van der Waals surface area contributed by atoms with Crippen molar-refractivity contribution < 1.29 is 0 Å². The molecule has 0 heterocycles. The van der Waals surface area contributed by atoms with Gasteiger partial charge in [-0.1, -0.05) is 94.9 Å². The van der Waals surface area contributed by atoms with Gasteiger partial charge >= 0.3 is 0 Å². The summed E-state index contributed by atoms with van der Waals surface area (Å²) < 4.78 is 0. The van der Waals surface area contributed by atoms with Crippen LogP contribution in [0.15, 0.2) is 82.8 Å². The zero-order chi connectivity index (χ0) is 27.7. The van der Waals surface area contributed by atoms with Crippen molar-refractivity contribution in [3.05, 3.63) is 115 Å². The third kappa shape index (κ3) is 7.99. The van der Waals surface area contributed by atoms with E-state index in [4.69, 9.17) is 46.4 Å². The number of nitrogens with one attached hydrogen (secondary N) is 2. The van der Waals surface area contributed by atoms with Crippen LogP contribution in [0.4, 0.5) is 22.7 Å². The van der Waals surface area contributed by atoms with Gasteiger partial charge in [-0.3, -0.25) is 0 Å². The maximum absolute atomic E-state index is 6.07. The van der Waals surface area contributed by atoms with E-state index in [-0.39, 0.29) is 0 Å². The Hall–Kier alpha value is -3.02. The topological polar surface area (TPSA) is 48.8 Å². The predicted octanol–water partition coefficient (Wildman–Crippen LogP) is 10.8. The van der Waals surface area contributed by atoms with Crippen LogP contribution in [0.3, 0.4) is 0 Å². The number of hydrogen-bond donors (Lipinski definition) is 2. The molecule has 0 amide bonds. The van der Waals surface area contributed by atoms with E-state index in [1.165, 1.54) is 0 Å². The SMILES string of the molecule is Cc1cccc(C)c1N=CNc1c(Cl)cccc1Cl.Cc1cccc(C)c1N=CNc1c(Cl)cccc1Cl. The number of para-hydroxylation sites is 4. The summed E-state index contributed by atoms with van der Waals surface area (Å²) in [5.74, 6) is 0. The first-order chi connectivity index (χ1) is 18.2. The predicted molar refractivity (Wildman–Crippen MR) is 168 cm³/mol. The monoisotopic (exact) mass is 584 g/mol. The van der Waals surface area contributed by atoms with Crippen molar-refractivity contribution in [3.8, 4) is 0 Å². The van der Waals surface area contributed by atoms with Crippen LogP contribution in [0.25, 0.3) is 0 Å². The number of anilines is 2. The summed E-state index contributed by atoms with van der Waals surface area (Å²) in [4.78, 5) is 8.86. The zero-order valence-corrected chi connectivity index (χ0v) is 24.5. The van der Waals surface area contributed by atoms with Crippen molar-refractivity contribution in [2.75, 3.05) is 10.6 Å². The van der Waals surface area contributed by atoms with E-state index in [0.29, 0.717) is 31.5 Å². The van der Waals surface area contributed by atoms with E-state index < -0.39 is 0 Å². The number of rotatable bonds is 6. The number of nitrogens with zero attached hydrogens (tertiary/aromatic N) is 2. The third-order valence-corrected chi connectivity index (χ3v) is 6.87. The number of halogens is 4. The molecular weight excluding hydrogens is 558 g/mol. The highest BCUT2D eigenvalue weighted by atomic mass is 35.5. The van der Waals surface area contributed by atoms with Crippen LogP contribution in [0.1, 0.15) is 22.3 Å². The van der Waals surface area contributed by atoms with Crippen LogP contribution < -0.4 is 10.6 Å². The Balaban J connectivity index is 0.000000211. The van der Waals surface area contributed by atoms with Gasteiger partial charge in [0, 0.05) is 0 Å². The van der Waals surface area contributed by atoms with Crippen LogP contribution in [0, 0.1) is 27.7 Å². The van der Waals surface area contributed by atoms with Crippen molar-refractivity contribution in [2.24, 2.45) is 9.98 Å². The minimum atomic E-state index is 0.570. The normalized spacial score (nSPS) is 10.9. The lowest BCUT2D eigenvalue weighted by molar-refractivity contribution is 1.33. The quantitative estimate of drug-likeness (QED) is 0.174. The molecule has 0 aliphatic heterocycles. The number of aliphatic imine (C=N–C) groups is 2. The van der Waals surface area contributed by atoms with Gasteiger partial charge in [0.1, 0.15) is 0 Å². The molecule has 0 aliphatic rings. The van der Waals surface area contributed by atoms with Gasteiger partial charge < -0.3 is 10.6 Å². The summed E-state index contributed by atoms with van der Waals surface area (Å²) in [5.41, 5.74) is 7.76. The average Bonchev–Trinajstić information content (AvgIpc) is 2.86. The fourth-order valence-electron chi connectivity index (χ4n) is 3.61. The molecule has 196 valence electrons. The largest absolute Gasteiger partial charge is 0.344 e. The van der Waals surface area contributed by atoms with Crippen molar-refractivity contribution in [3.63, 3.8) is 0 Å². The van der Waals surface area contributed by atoms with Crippen molar-refractivity contribution >= 4 is 81.8 Å². The molecule has 0 spiro atoms. The van der Waals surface area contributed by atoms with Gasteiger partial charge in [0.15, 0.2) is 0 Å². The fraction of sp³-hybridized carbons (Fsp3) is 0.133. The first kappa shape index (κ1) is 29.5. The Morgan fingerprint density at radius 1 is 0.474 bits per heavy atom. The van der Waals surface area contributed by atoms with Gasteiger partial charge in [-0.25, -0.2) is 9.98 Å². The molecule has 0 fully saturated rings. The minimum Gasteiger partial charge on any atom is -0.344 e. The van der Waals surface area contributed by atoms with Gasteiger partial charge in [0.25, 0.3) is 0 Å².